The number of nitrogens with zero attached hydrogens (tertiary/aromatic N) is 3. The van der Waals surface area contributed by atoms with Crippen molar-refractivity contribution in [3.63, 3.8) is 0 Å². The van der Waals surface area contributed by atoms with E-state index < -0.39 is 11.0 Å². The maximum absolute atomic E-state index is 11.9. The lowest BCUT2D eigenvalue weighted by Gasteiger charge is -2.05. The second kappa shape index (κ2) is 9.22. The summed E-state index contributed by atoms with van der Waals surface area (Å²) in [6, 6.07) is 2.44. The van der Waals surface area contributed by atoms with Crippen LogP contribution in [0.25, 0.3) is 0 Å². The van der Waals surface area contributed by atoms with Gasteiger partial charge in [0.25, 0.3) is 5.91 Å². The minimum absolute atomic E-state index is 0.0919. The molecule has 1 N–H and O–H groups in total. The van der Waals surface area contributed by atoms with Crippen molar-refractivity contribution in [1.29, 1.82) is 0 Å². The topological polar surface area (TPSA) is 107 Å². The number of oxime groups is 1. The first-order chi connectivity index (χ1) is 10.5. The predicted molar refractivity (Wildman–Crippen MR) is 81.2 cm³/mol. The number of rotatable bonds is 8. The summed E-state index contributed by atoms with van der Waals surface area (Å²) in [4.78, 5) is 30.8. The van der Waals surface area contributed by atoms with Gasteiger partial charge in [-0.15, -0.1) is 0 Å². The van der Waals surface area contributed by atoms with E-state index in [9.17, 15) is 14.9 Å². The molecule has 118 valence electrons. The Balaban J connectivity index is 2.66. The van der Waals surface area contributed by atoms with E-state index in [0.29, 0.717) is 17.9 Å². The summed E-state index contributed by atoms with van der Waals surface area (Å²) < 4.78 is 0. The minimum atomic E-state index is -0.846. The van der Waals surface area contributed by atoms with Crippen LogP contribution in [-0.2, 0) is 4.84 Å². The molecule has 0 saturated heterocycles. The Morgan fingerprint density at radius 2 is 2.41 bits per heavy atom. The lowest BCUT2D eigenvalue weighted by Crippen LogP contribution is -2.29. The highest BCUT2D eigenvalue weighted by Gasteiger charge is 2.09. The van der Waals surface area contributed by atoms with Gasteiger partial charge in [-0.2, -0.15) is 0 Å². The summed E-state index contributed by atoms with van der Waals surface area (Å²) in [5, 5.41) is 17.0. The van der Waals surface area contributed by atoms with Gasteiger partial charge in [0.15, 0.2) is 0 Å². The quantitative estimate of drug-likeness (QED) is 0.444. The van der Waals surface area contributed by atoms with Crippen LogP contribution in [0.15, 0.2) is 41.8 Å². The Kier molecular flexibility index (Phi) is 7.24. The molecule has 0 fully saturated rings. The van der Waals surface area contributed by atoms with Gasteiger partial charge < -0.3 is 10.2 Å². The highest BCUT2D eigenvalue weighted by molar-refractivity contribution is 6.01. The number of nitrogens with one attached hydrogen (secondary N) is 1. The van der Waals surface area contributed by atoms with E-state index in [-0.39, 0.29) is 12.5 Å². The fraction of sp³-hybridized carbons (Fsp3) is 0.357. The Hall–Kier alpha value is -2.77. The molecule has 8 heteroatoms. The monoisotopic (exact) mass is 306 g/mol. The third kappa shape index (κ3) is 6.12. The van der Waals surface area contributed by atoms with E-state index in [0.717, 1.165) is 0 Å². The molecule has 0 aliphatic carbocycles. The van der Waals surface area contributed by atoms with Gasteiger partial charge in [-0.3, -0.25) is 19.9 Å². The average Bonchev–Trinajstić information content (AvgIpc) is 2.54. The molecule has 0 saturated carbocycles. The molecule has 1 aromatic rings. The van der Waals surface area contributed by atoms with Gasteiger partial charge >= 0.3 is 0 Å². The van der Waals surface area contributed by atoms with Gasteiger partial charge in [0.05, 0.1) is 17.8 Å². The molecule has 1 unspecified atom stereocenters. The Bertz CT molecular complexity index is 557. The molecular weight excluding hydrogens is 288 g/mol. The van der Waals surface area contributed by atoms with Crippen molar-refractivity contribution < 1.29 is 14.6 Å². The minimum Gasteiger partial charge on any atom is -0.396 e. The molecule has 0 radical (unpaired) electrons. The van der Waals surface area contributed by atoms with Crippen LogP contribution in [0, 0.1) is 10.1 Å². The van der Waals surface area contributed by atoms with Crippen LogP contribution in [0.1, 0.15) is 24.2 Å². The van der Waals surface area contributed by atoms with Crippen LogP contribution in [0.2, 0.25) is 0 Å². The third-order valence-electron chi connectivity index (χ3n) is 2.56. The largest absolute Gasteiger partial charge is 0.396 e. The second-order valence-electron chi connectivity index (χ2n) is 4.31. The molecule has 1 heterocycles. The van der Waals surface area contributed by atoms with Gasteiger partial charge in [-0.1, -0.05) is 5.16 Å². The maximum Gasteiger partial charge on any atom is 0.253 e. The van der Waals surface area contributed by atoms with Crippen LogP contribution in [0.3, 0.4) is 0 Å². The van der Waals surface area contributed by atoms with Crippen molar-refractivity contribution in [1.82, 2.24) is 10.3 Å². The summed E-state index contributed by atoms with van der Waals surface area (Å²) in [6.07, 6.45) is 5.86. The molecule has 8 nitrogen and oxygen atoms in total. The third-order valence-corrected chi connectivity index (χ3v) is 2.56. The molecule has 0 spiro atoms. The van der Waals surface area contributed by atoms with Gasteiger partial charge in [-0.25, -0.2) is 0 Å². The van der Waals surface area contributed by atoms with Gasteiger partial charge in [0, 0.05) is 24.2 Å². The number of carbonyl (C=O) groups excluding carboxylic acids is 1. The van der Waals surface area contributed by atoms with E-state index in [4.69, 9.17) is 4.84 Å². The first-order valence-corrected chi connectivity index (χ1v) is 6.73. The van der Waals surface area contributed by atoms with E-state index >= 15 is 0 Å². The zero-order valence-corrected chi connectivity index (χ0v) is 12.4. The van der Waals surface area contributed by atoms with Crippen molar-refractivity contribution in [3.8, 4) is 0 Å². The molecule has 1 rings (SSSR count). The standard InChI is InChI=1S/C14H18N4O4/c1-3-22-17-13(7-6-11(2)18(20)21)10-16-14(19)12-5-4-8-15-9-12/h4-9,11H,3,10H2,1-2H3,(H,16,19). The lowest BCUT2D eigenvalue weighted by atomic mass is 10.2. The Labute approximate surface area is 128 Å². The van der Waals surface area contributed by atoms with Gasteiger partial charge in [-0.05, 0) is 31.2 Å². The fourth-order valence-electron chi connectivity index (χ4n) is 1.36. The zero-order chi connectivity index (χ0) is 16.4. The molecule has 0 aliphatic rings. The highest BCUT2D eigenvalue weighted by atomic mass is 16.6. The van der Waals surface area contributed by atoms with Crippen molar-refractivity contribution in [2.75, 3.05) is 13.2 Å². The van der Waals surface area contributed by atoms with Gasteiger partial charge in [0.2, 0.25) is 6.04 Å². The highest BCUT2D eigenvalue weighted by Crippen LogP contribution is 1.96. The number of amides is 1. The molecule has 1 amide bonds. The molecule has 0 aliphatic heterocycles. The van der Waals surface area contributed by atoms with Crippen molar-refractivity contribution >= 4 is 11.6 Å². The summed E-state index contributed by atoms with van der Waals surface area (Å²) in [6.45, 7) is 3.66. The van der Waals surface area contributed by atoms with Gasteiger partial charge in [0.1, 0.15) is 6.61 Å². The first-order valence-electron chi connectivity index (χ1n) is 6.73. The number of carbonyl (C=O) groups is 1. The van der Waals surface area contributed by atoms with Crippen LogP contribution < -0.4 is 5.32 Å². The van der Waals surface area contributed by atoms with Crippen LogP contribution in [0.4, 0.5) is 0 Å². The van der Waals surface area contributed by atoms with E-state index in [1.807, 2.05) is 0 Å². The van der Waals surface area contributed by atoms with Crippen LogP contribution in [0.5, 0.6) is 0 Å². The molecule has 1 atom stereocenters. The molecule has 0 aromatic carbocycles. The van der Waals surface area contributed by atoms with Crippen LogP contribution in [-0.4, -0.2) is 40.7 Å². The smallest absolute Gasteiger partial charge is 0.253 e. The fourth-order valence-corrected chi connectivity index (χ4v) is 1.36. The summed E-state index contributed by atoms with van der Waals surface area (Å²) in [7, 11) is 0. The van der Waals surface area contributed by atoms with E-state index in [2.05, 4.69) is 15.5 Å². The Morgan fingerprint density at radius 3 is 3.00 bits per heavy atom. The zero-order valence-electron chi connectivity index (χ0n) is 12.4. The number of pyridine rings is 1. The predicted octanol–water partition coefficient (Wildman–Crippen LogP) is 1.43. The van der Waals surface area contributed by atoms with Crippen molar-refractivity contribution in [2.24, 2.45) is 5.16 Å². The van der Waals surface area contributed by atoms with Crippen molar-refractivity contribution in [2.45, 2.75) is 19.9 Å². The number of aromatic nitrogens is 1. The van der Waals surface area contributed by atoms with Crippen LogP contribution >= 0.6 is 0 Å². The lowest BCUT2D eigenvalue weighted by molar-refractivity contribution is -0.504. The molecular formula is C14H18N4O4. The average molecular weight is 306 g/mol. The van der Waals surface area contributed by atoms with Crippen molar-refractivity contribution in [3.05, 3.63) is 52.4 Å². The first kappa shape index (κ1) is 17.3. The number of nitro groups is 1. The van der Waals surface area contributed by atoms with E-state index in [1.54, 1.807) is 25.3 Å². The summed E-state index contributed by atoms with van der Waals surface area (Å²) in [5.74, 6) is -0.312. The normalized spacial score (nSPS) is 12.9. The summed E-state index contributed by atoms with van der Waals surface area (Å²) in [5.41, 5.74) is 0.800. The molecule has 1 aromatic heterocycles. The number of hydrogen-bond donors (Lipinski definition) is 1. The SMILES string of the molecule is CCON=C(C=CC(C)[N+](=O)[O-])CNC(=O)c1cccnc1. The second-order valence-corrected chi connectivity index (χ2v) is 4.31. The maximum atomic E-state index is 11.9. The molecule has 0 bridgehead atoms. The van der Waals surface area contributed by atoms with E-state index in [1.165, 1.54) is 25.3 Å². The summed E-state index contributed by atoms with van der Waals surface area (Å²) >= 11 is 0. The number of hydrogen-bond acceptors (Lipinski definition) is 6. The molecule has 22 heavy (non-hydrogen) atoms. The Morgan fingerprint density at radius 1 is 1.64 bits per heavy atom.